The highest BCUT2D eigenvalue weighted by Crippen LogP contribution is 2.23. The first-order valence-electron chi connectivity index (χ1n) is 8.09. The largest absolute Gasteiger partial charge is 0.370 e. The van der Waals surface area contributed by atoms with Crippen LogP contribution in [0.5, 0.6) is 0 Å². The van der Waals surface area contributed by atoms with Crippen LogP contribution >= 0.6 is 11.8 Å². The van der Waals surface area contributed by atoms with Gasteiger partial charge in [-0.3, -0.25) is 0 Å². The molecule has 0 aliphatic heterocycles. The topological polar surface area (TPSA) is 41.0 Å². The van der Waals surface area contributed by atoms with Crippen molar-refractivity contribution in [3.05, 3.63) is 6.07 Å². The van der Waals surface area contributed by atoms with E-state index in [4.69, 9.17) is 4.98 Å². The van der Waals surface area contributed by atoms with Crippen molar-refractivity contribution in [2.45, 2.75) is 64.6 Å². The molecule has 0 bridgehead atoms. The van der Waals surface area contributed by atoms with Crippen LogP contribution in [-0.4, -0.2) is 35.4 Å². The molecule has 0 radical (unpaired) electrons. The molecule has 0 spiro atoms. The van der Waals surface area contributed by atoms with Gasteiger partial charge in [-0.15, -0.1) is 0 Å². The van der Waals surface area contributed by atoms with Gasteiger partial charge in [0.2, 0.25) is 0 Å². The van der Waals surface area contributed by atoms with Gasteiger partial charge < -0.3 is 10.2 Å². The van der Waals surface area contributed by atoms with Crippen molar-refractivity contribution in [1.29, 1.82) is 0 Å². The lowest BCUT2D eigenvalue weighted by Crippen LogP contribution is -2.34. The molecule has 1 atom stereocenters. The van der Waals surface area contributed by atoms with Gasteiger partial charge in [0.1, 0.15) is 11.6 Å². The van der Waals surface area contributed by atoms with Crippen LogP contribution in [0.25, 0.3) is 0 Å². The number of aromatic nitrogens is 2. The van der Waals surface area contributed by atoms with Gasteiger partial charge in [0.25, 0.3) is 0 Å². The maximum absolute atomic E-state index is 4.72. The van der Waals surface area contributed by atoms with Crippen molar-refractivity contribution in [1.82, 2.24) is 9.97 Å². The molecule has 4 nitrogen and oxygen atoms in total. The number of thioether (sulfide) groups is 1. The lowest BCUT2D eigenvalue weighted by atomic mass is 10.2. The van der Waals surface area contributed by atoms with E-state index in [0.29, 0.717) is 6.04 Å². The molecule has 0 amide bonds. The highest BCUT2D eigenvalue weighted by atomic mass is 32.2. The van der Waals surface area contributed by atoms with Crippen LogP contribution in [0.1, 0.15) is 53.4 Å². The predicted octanol–water partition coefficient (Wildman–Crippen LogP) is 4.43. The zero-order valence-electron chi connectivity index (χ0n) is 14.1. The molecule has 5 heteroatoms. The fourth-order valence-corrected chi connectivity index (χ4v) is 2.48. The van der Waals surface area contributed by atoms with E-state index >= 15 is 0 Å². The van der Waals surface area contributed by atoms with Crippen LogP contribution in [0.15, 0.2) is 11.2 Å². The van der Waals surface area contributed by atoms with E-state index in [0.717, 1.165) is 42.7 Å². The molecule has 0 aliphatic carbocycles. The summed E-state index contributed by atoms with van der Waals surface area (Å²) in [5.41, 5.74) is 0. The molecule has 1 aromatic rings. The zero-order valence-corrected chi connectivity index (χ0v) is 15.0. The summed E-state index contributed by atoms with van der Waals surface area (Å²) >= 11 is 1.60. The summed E-state index contributed by atoms with van der Waals surface area (Å²) in [5, 5.41) is 4.23. The molecule has 1 unspecified atom stereocenters. The molecule has 0 fully saturated rings. The van der Waals surface area contributed by atoms with Crippen molar-refractivity contribution in [2.24, 2.45) is 0 Å². The summed E-state index contributed by atoms with van der Waals surface area (Å²) in [6.45, 7) is 10.9. The van der Waals surface area contributed by atoms with Gasteiger partial charge in [-0.2, -0.15) is 0 Å². The summed E-state index contributed by atoms with van der Waals surface area (Å²) in [5.74, 6) is 1.99. The molecule has 21 heavy (non-hydrogen) atoms. The molecule has 0 saturated heterocycles. The molecule has 1 aromatic heterocycles. The quantitative estimate of drug-likeness (QED) is 0.511. The molecule has 0 saturated carbocycles. The lowest BCUT2D eigenvalue weighted by molar-refractivity contribution is 0.586. The van der Waals surface area contributed by atoms with Crippen molar-refractivity contribution in [3.8, 4) is 0 Å². The van der Waals surface area contributed by atoms with E-state index in [1.54, 1.807) is 11.8 Å². The second-order valence-electron chi connectivity index (χ2n) is 5.33. The third kappa shape index (κ3) is 5.73. The van der Waals surface area contributed by atoms with Crippen LogP contribution in [-0.2, 0) is 0 Å². The summed E-state index contributed by atoms with van der Waals surface area (Å²) in [6.07, 6.45) is 6.65. The highest BCUT2D eigenvalue weighted by Gasteiger charge is 2.16. The Morgan fingerprint density at radius 1 is 1.24 bits per heavy atom. The van der Waals surface area contributed by atoms with Crippen LogP contribution in [0.4, 0.5) is 11.6 Å². The Morgan fingerprint density at radius 2 is 2.00 bits per heavy atom. The van der Waals surface area contributed by atoms with E-state index in [1.165, 1.54) is 12.8 Å². The van der Waals surface area contributed by atoms with Crippen LogP contribution in [0, 0.1) is 0 Å². The fraction of sp³-hybridized carbons (Fsp3) is 0.750. The molecule has 0 aromatic carbocycles. The first kappa shape index (κ1) is 18.1. The Labute approximate surface area is 134 Å². The molecule has 1 rings (SSSR count). The van der Waals surface area contributed by atoms with Gasteiger partial charge in [-0.25, -0.2) is 9.97 Å². The van der Waals surface area contributed by atoms with Crippen molar-refractivity contribution < 1.29 is 0 Å². The molecule has 120 valence electrons. The first-order valence-corrected chi connectivity index (χ1v) is 9.32. The number of hydrogen-bond acceptors (Lipinski definition) is 5. The molecular weight excluding hydrogens is 280 g/mol. The Morgan fingerprint density at radius 3 is 2.57 bits per heavy atom. The SMILES string of the molecule is CCCCN(c1cc(NCCC)nc(SC)n1)C(C)CC. The molecule has 1 N–H and O–H groups in total. The van der Waals surface area contributed by atoms with Gasteiger partial charge in [0, 0.05) is 25.2 Å². The minimum atomic E-state index is 0.500. The Balaban J connectivity index is 3.03. The fourth-order valence-electron chi connectivity index (χ4n) is 2.10. The maximum atomic E-state index is 4.72. The minimum Gasteiger partial charge on any atom is -0.370 e. The third-order valence-corrected chi connectivity index (χ3v) is 4.15. The Bertz CT molecular complexity index is 411. The van der Waals surface area contributed by atoms with E-state index in [1.807, 2.05) is 6.26 Å². The van der Waals surface area contributed by atoms with Crippen LogP contribution < -0.4 is 10.2 Å². The highest BCUT2D eigenvalue weighted by molar-refractivity contribution is 7.98. The molecule has 1 heterocycles. The Hall–Kier alpha value is -0.970. The van der Waals surface area contributed by atoms with Crippen molar-refractivity contribution >= 4 is 23.4 Å². The van der Waals surface area contributed by atoms with Gasteiger partial charge in [-0.05, 0) is 32.4 Å². The summed E-state index contributed by atoms with van der Waals surface area (Å²) < 4.78 is 0. The van der Waals surface area contributed by atoms with E-state index in [9.17, 15) is 0 Å². The van der Waals surface area contributed by atoms with Gasteiger partial charge in [0.15, 0.2) is 5.16 Å². The van der Waals surface area contributed by atoms with Gasteiger partial charge in [-0.1, -0.05) is 39.0 Å². The predicted molar refractivity (Wildman–Crippen MR) is 94.6 cm³/mol. The Kier molecular flexibility index (Phi) is 8.50. The van der Waals surface area contributed by atoms with Gasteiger partial charge >= 0.3 is 0 Å². The third-order valence-electron chi connectivity index (χ3n) is 3.60. The number of anilines is 2. The van der Waals surface area contributed by atoms with Gasteiger partial charge in [0.05, 0.1) is 0 Å². The average molecular weight is 311 g/mol. The zero-order chi connectivity index (χ0) is 15.7. The monoisotopic (exact) mass is 310 g/mol. The second kappa shape index (κ2) is 9.87. The first-order chi connectivity index (χ1) is 10.2. The summed E-state index contributed by atoms with van der Waals surface area (Å²) in [6, 6.07) is 2.59. The number of nitrogens with zero attached hydrogens (tertiary/aromatic N) is 3. The second-order valence-corrected chi connectivity index (χ2v) is 6.10. The summed E-state index contributed by atoms with van der Waals surface area (Å²) in [7, 11) is 0. The standard InChI is InChI=1S/C16H30N4S/c1-6-9-11-20(13(4)8-3)15-12-14(17-10-7-2)18-16(19-15)21-5/h12-13H,6-11H2,1-5H3,(H,17,18,19). The maximum Gasteiger partial charge on any atom is 0.191 e. The smallest absolute Gasteiger partial charge is 0.191 e. The minimum absolute atomic E-state index is 0.500. The molecular formula is C16H30N4S. The number of unbranched alkanes of at least 4 members (excludes halogenated alkanes) is 1. The number of hydrogen-bond donors (Lipinski definition) is 1. The van der Waals surface area contributed by atoms with E-state index in [2.05, 4.69) is 49.0 Å². The lowest BCUT2D eigenvalue weighted by Gasteiger charge is -2.30. The normalized spacial score (nSPS) is 12.2. The summed E-state index contributed by atoms with van der Waals surface area (Å²) in [4.78, 5) is 11.7. The van der Waals surface area contributed by atoms with Crippen molar-refractivity contribution in [3.63, 3.8) is 0 Å². The van der Waals surface area contributed by atoms with E-state index in [-0.39, 0.29) is 0 Å². The number of rotatable bonds is 10. The van der Waals surface area contributed by atoms with E-state index < -0.39 is 0 Å². The van der Waals surface area contributed by atoms with Crippen LogP contribution in [0.2, 0.25) is 0 Å². The number of nitrogens with one attached hydrogen (secondary N) is 1. The average Bonchev–Trinajstić information content (AvgIpc) is 2.52. The van der Waals surface area contributed by atoms with Crippen molar-refractivity contribution in [2.75, 3.05) is 29.6 Å². The molecule has 0 aliphatic rings. The van der Waals surface area contributed by atoms with Crippen LogP contribution in [0.3, 0.4) is 0 Å².